The minimum Gasteiger partial charge on any atom is -0.389 e. The molecule has 14 heavy (non-hydrogen) atoms. The summed E-state index contributed by atoms with van der Waals surface area (Å²) in [6.07, 6.45) is 3.69. The lowest BCUT2D eigenvalue weighted by molar-refractivity contribution is 0.0640. The average Bonchev–Trinajstić information content (AvgIpc) is 2.52. The fraction of sp³-hybridized carbons (Fsp3) is 1.00. The molecule has 0 aromatic carbocycles. The van der Waals surface area contributed by atoms with E-state index >= 15 is 0 Å². The Hall–Kier alpha value is -0.120. The van der Waals surface area contributed by atoms with E-state index in [1.165, 1.54) is 19.3 Å². The number of nitrogens with one attached hydrogen (secondary N) is 1. The van der Waals surface area contributed by atoms with E-state index < -0.39 is 0 Å². The second-order valence-electron chi connectivity index (χ2n) is 4.55. The molecular formula is C11H23NO2. The SMILES string of the molecule is COCC(O)CNCC1CCC(C)C1. The molecule has 3 unspecified atom stereocenters. The van der Waals surface area contributed by atoms with Crippen LogP contribution in [0.2, 0.25) is 0 Å². The smallest absolute Gasteiger partial charge is 0.0897 e. The molecule has 0 spiro atoms. The number of aliphatic hydroxyl groups excluding tert-OH is 1. The van der Waals surface area contributed by atoms with Crippen molar-refractivity contribution >= 4 is 0 Å². The highest BCUT2D eigenvalue weighted by Gasteiger charge is 2.20. The molecule has 3 atom stereocenters. The van der Waals surface area contributed by atoms with Crippen LogP contribution in [0.3, 0.4) is 0 Å². The fourth-order valence-electron chi connectivity index (χ4n) is 2.22. The highest BCUT2D eigenvalue weighted by molar-refractivity contribution is 4.74. The number of rotatable bonds is 6. The first-order valence-corrected chi connectivity index (χ1v) is 5.60. The molecule has 0 aromatic rings. The third-order valence-electron chi connectivity index (χ3n) is 2.98. The van der Waals surface area contributed by atoms with E-state index in [0.29, 0.717) is 13.2 Å². The van der Waals surface area contributed by atoms with Crippen molar-refractivity contribution < 1.29 is 9.84 Å². The summed E-state index contributed by atoms with van der Waals surface area (Å²) in [6.45, 7) is 4.44. The fourth-order valence-corrected chi connectivity index (χ4v) is 2.22. The summed E-state index contributed by atoms with van der Waals surface area (Å²) in [5.74, 6) is 1.71. The molecule has 0 bridgehead atoms. The zero-order valence-electron chi connectivity index (χ0n) is 9.33. The van der Waals surface area contributed by atoms with Crippen molar-refractivity contribution in [2.75, 3.05) is 26.8 Å². The standard InChI is InChI=1S/C11H23NO2/c1-9-3-4-10(5-9)6-12-7-11(13)8-14-2/h9-13H,3-8H2,1-2H3. The first-order valence-electron chi connectivity index (χ1n) is 5.60. The number of hydrogen-bond donors (Lipinski definition) is 2. The van der Waals surface area contributed by atoms with Gasteiger partial charge >= 0.3 is 0 Å². The summed E-state index contributed by atoms with van der Waals surface area (Å²) in [7, 11) is 1.61. The Morgan fingerprint density at radius 2 is 2.29 bits per heavy atom. The molecule has 0 saturated heterocycles. The van der Waals surface area contributed by atoms with Gasteiger partial charge in [0.05, 0.1) is 12.7 Å². The summed E-state index contributed by atoms with van der Waals surface area (Å²) < 4.78 is 4.85. The molecule has 1 aliphatic rings. The van der Waals surface area contributed by atoms with Crippen LogP contribution in [0.15, 0.2) is 0 Å². The van der Waals surface area contributed by atoms with E-state index in [2.05, 4.69) is 12.2 Å². The lowest BCUT2D eigenvalue weighted by Crippen LogP contribution is -2.32. The molecule has 0 aromatic heterocycles. The van der Waals surface area contributed by atoms with Gasteiger partial charge in [-0.1, -0.05) is 13.3 Å². The van der Waals surface area contributed by atoms with Crippen LogP contribution in [0.1, 0.15) is 26.2 Å². The van der Waals surface area contributed by atoms with Gasteiger partial charge in [0.2, 0.25) is 0 Å². The van der Waals surface area contributed by atoms with Gasteiger partial charge in [-0.25, -0.2) is 0 Å². The number of methoxy groups -OCH3 is 1. The van der Waals surface area contributed by atoms with Crippen LogP contribution in [0.4, 0.5) is 0 Å². The Morgan fingerprint density at radius 1 is 1.50 bits per heavy atom. The van der Waals surface area contributed by atoms with E-state index in [4.69, 9.17) is 4.74 Å². The van der Waals surface area contributed by atoms with Gasteiger partial charge in [-0.2, -0.15) is 0 Å². The van der Waals surface area contributed by atoms with E-state index in [1.807, 2.05) is 0 Å². The number of aliphatic hydroxyl groups is 1. The van der Waals surface area contributed by atoms with E-state index in [-0.39, 0.29) is 6.10 Å². The van der Waals surface area contributed by atoms with E-state index in [9.17, 15) is 5.11 Å². The van der Waals surface area contributed by atoms with Gasteiger partial charge in [0, 0.05) is 13.7 Å². The monoisotopic (exact) mass is 201 g/mol. The maximum absolute atomic E-state index is 9.39. The normalized spacial score (nSPS) is 29.4. The number of ether oxygens (including phenoxy) is 1. The first kappa shape index (κ1) is 12.0. The summed E-state index contributed by atoms with van der Waals surface area (Å²) in [6, 6.07) is 0. The van der Waals surface area contributed by atoms with Crippen molar-refractivity contribution in [3.05, 3.63) is 0 Å². The number of hydrogen-bond acceptors (Lipinski definition) is 3. The van der Waals surface area contributed by atoms with Crippen molar-refractivity contribution in [3.63, 3.8) is 0 Å². The molecule has 0 radical (unpaired) electrons. The minimum absolute atomic E-state index is 0.362. The third kappa shape index (κ3) is 4.40. The van der Waals surface area contributed by atoms with Crippen molar-refractivity contribution in [3.8, 4) is 0 Å². The molecule has 1 rings (SSSR count). The largest absolute Gasteiger partial charge is 0.389 e. The van der Waals surface area contributed by atoms with Gasteiger partial charge in [-0.3, -0.25) is 0 Å². The average molecular weight is 201 g/mol. The molecule has 3 nitrogen and oxygen atoms in total. The Bertz CT molecular complexity index is 152. The predicted octanol–water partition coefficient (Wildman–Crippen LogP) is 1.02. The van der Waals surface area contributed by atoms with Gasteiger partial charge < -0.3 is 15.2 Å². The van der Waals surface area contributed by atoms with Crippen LogP contribution in [0.25, 0.3) is 0 Å². The molecular weight excluding hydrogens is 178 g/mol. The molecule has 2 N–H and O–H groups in total. The van der Waals surface area contributed by atoms with E-state index in [1.54, 1.807) is 7.11 Å². The quantitative estimate of drug-likeness (QED) is 0.674. The maximum Gasteiger partial charge on any atom is 0.0897 e. The predicted molar refractivity (Wildman–Crippen MR) is 57.3 cm³/mol. The van der Waals surface area contributed by atoms with E-state index in [0.717, 1.165) is 18.4 Å². The molecule has 0 amide bonds. The van der Waals surface area contributed by atoms with Gasteiger partial charge in [0.1, 0.15) is 0 Å². The van der Waals surface area contributed by atoms with Crippen molar-refractivity contribution in [1.29, 1.82) is 0 Å². The summed E-state index contributed by atoms with van der Waals surface area (Å²) in [4.78, 5) is 0. The first-order chi connectivity index (χ1) is 6.72. The van der Waals surface area contributed by atoms with Crippen molar-refractivity contribution in [1.82, 2.24) is 5.32 Å². The van der Waals surface area contributed by atoms with Gasteiger partial charge in [-0.15, -0.1) is 0 Å². The topological polar surface area (TPSA) is 41.5 Å². The van der Waals surface area contributed by atoms with Crippen LogP contribution < -0.4 is 5.32 Å². The summed E-state index contributed by atoms with van der Waals surface area (Å²) in [5, 5.41) is 12.7. The Labute approximate surface area is 86.8 Å². The Morgan fingerprint density at radius 3 is 2.86 bits per heavy atom. The van der Waals surface area contributed by atoms with Gasteiger partial charge in [0.25, 0.3) is 0 Å². The second-order valence-corrected chi connectivity index (χ2v) is 4.55. The lowest BCUT2D eigenvalue weighted by atomic mass is 10.1. The second kappa shape index (κ2) is 6.38. The van der Waals surface area contributed by atoms with Crippen molar-refractivity contribution in [2.24, 2.45) is 11.8 Å². The maximum atomic E-state index is 9.39. The summed E-state index contributed by atoms with van der Waals surface area (Å²) in [5.41, 5.74) is 0. The van der Waals surface area contributed by atoms with Crippen LogP contribution in [0, 0.1) is 11.8 Å². The Balaban J connectivity index is 1.98. The molecule has 1 aliphatic carbocycles. The van der Waals surface area contributed by atoms with Crippen LogP contribution in [0.5, 0.6) is 0 Å². The molecule has 84 valence electrons. The zero-order chi connectivity index (χ0) is 10.4. The van der Waals surface area contributed by atoms with Crippen LogP contribution >= 0.6 is 0 Å². The molecule has 0 aliphatic heterocycles. The molecule has 1 fully saturated rings. The highest BCUT2D eigenvalue weighted by Crippen LogP contribution is 2.29. The summed E-state index contributed by atoms with van der Waals surface area (Å²) >= 11 is 0. The third-order valence-corrected chi connectivity index (χ3v) is 2.98. The van der Waals surface area contributed by atoms with Gasteiger partial charge in [0.15, 0.2) is 0 Å². The molecule has 0 heterocycles. The van der Waals surface area contributed by atoms with Gasteiger partial charge in [-0.05, 0) is 31.2 Å². The highest BCUT2D eigenvalue weighted by atomic mass is 16.5. The lowest BCUT2D eigenvalue weighted by Gasteiger charge is -2.14. The molecule has 1 saturated carbocycles. The Kier molecular flexibility index (Phi) is 5.45. The van der Waals surface area contributed by atoms with Crippen molar-refractivity contribution in [2.45, 2.75) is 32.3 Å². The zero-order valence-corrected chi connectivity index (χ0v) is 9.33. The van der Waals surface area contributed by atoms with Crippen LogP contribution in [-0.4, -0.2) is 38.0 Å². The molecule has 3 heteroatoms. The van der Waals surface area contributed by atoms with Crippen LogP contribution in [-0.2, 0) is 4.74 Å². The minimum atomic E-state index is -0.362.